The molecule has 0 aromatic heterocycles. The predicted octanol–water partition coefficient (Wildman–Crippen LogP) is 2.42. The maximum Gasteiger partial charge on any atom is 0.338 e. The van der Waals surface area contributed by atoms with Crippen molar-refractivity contribution in [2.24, 2.45) is 0 Å². The number of aliphatic hydroxyl groups is 1. The van der Waals surface area contributed by atoms with E-state index in [4.69, 9.17) is 4.74 Å². The molecule has 0 amide bonds. The van der Waals surface area contributed by atoms with Crippen LogP contribution in [0.2, 0.25) is 0 Å². The number of phenolic OH excluding ortho intramolecular Hbond substituents is 1. The maximum atomic E-state index is 11.8. The van der Waals surface area contributed by atoms with E-state index >= 15 is 0 Å². The van der Waals surface area contributed by atoms with Gasteiger partial charge in [-0.15, -0.1) is 0 Å². The summed E-state index contributed by atoms with van der Waals surface area (Å²) in [6.45, 7) is 1.39. The minimum atomic E-state index is -1.80. The van der Waals surface area contributed by atoms with Gasteiger partial charge in [-0.05, 0) is 30.3 Å². The summed E-state index contributed by atoms with van der Waals surface area (Å²) in [6.07, 6.45) is 0. The molecule has 2 N–H and O–H groups in total. The molecule has 1 atom stereocenters. The summed E-state index contributed by atoms with van der Waals surface area (Å²) >= 11 is 0. The first kappa shape index (κ1) is 14.9. The summed E-state index contributed by atoms with van der Waals surface area (Å²) in [5.41, 5.74) is 0.245. The highest BCUT2D eigenvalue weighted by Gasteiger charge is 2.31. The number of para-hydroxylation sites is 1. The summed E-state index contributed by atoms with van der Waals surface area (Å²) < 4.78 is 10.2. The standard InChI is InChI=1S/C16H16O5/c1-16(19,21-12-6-4-3-5-7-12)14-10-11(17)8-9-13(14)15(18)20-2/h3-10,17,19H,1-2H3. The average molecular weight is 288 g/mol. The van der Waals surface area contributed by atoms with Gasteiger partial charge in [-0.25, -0.2) is 4.79 Å². The molecule has 1 unspecified atom stereocenters. The van der Waals surface area contributed by atoms with Gasteiger partial charge >= 0.3 is 5.97 Å². The van der Waals surface area contributed by atoms with Gasteiger partial charge in [0.15, 0.2) is 0 Å². The maximum absolute atomic E-state index is 11.8. The second-order valence-corrected chi connectivity index (χ2v) is 4.62. The van der Waals surface area contributed by atoms with E-state index in [1.54, 1.807) is 24.3 Å². The molecule has 0 saturated carbocycles. The number of hydrogen-bond acceptors (Lipinski definition) is 5. The van der Waals surface area contributed by atoms with Crippen LogP contribution in [0, 0.1) is 0 Å². The highest BCUT2D eigenvalue weighted by atomic mass is 16.6. The third-order valence-electron chi connectivity index (χ3n) is 2.97. The Morgan fingerprint density at radius 2 is 1.81 bits per heavy atom. The molecule has 0 spiro atoms. The quantitative estimate of drug-likeness (QED) is 0.667. The van der Waals surface area contributed by atoms with E-state index in [-0.39, 0.29) is 16.9 Å². The van der Waals surface area contributed by atoms with E-state index in [1.165, 1.54) is 32.2 Å². The fourth-order valence-electron chi connectivity index (χ4n) is 1.98. The molecule has 0 aliphatic rings. The van der Waals surface area contributed by atoms with Gasteiger partial charge in [0, 0.05) is 12.5 Å². The number of hydrogen-bond donors (Lipinski definition) is 2. The average Bonchev–Trinajstić information content (AvgIpc) is 2.47. The molecule has 0 saturated heterocycles. The van der Waals surface area contributed by atoms with E-state index in [0.29, 0.717) is 5.75 Å². The lowest BCUT2D eigenvalue weighted by Crippen LogP contribution is -2.31. The Morgan fingerprint density at radius 1 is 1.14 bits per heavy atom. The predicted molar refractivity (Wildman–Crippen MR) is 76.1 cm³/mol. The minimum absolute atomic E-state index is 0.0883. The smallest absolute Gasteiger partial charge is 0.338 e. The first-order valence-electron chi connectivity index (χ1n) is 6.32. The van der Waals surface area contributed by atoms with Gasteiger partial charge in [-0.3, -0.25) is 0 Å². The third-order valence-corrected chi connectivity index (χ3v) is 2.97. The third kappa shape index (κ3) is 3.32. The molecule has 21 heavy (non-hydrogen) atoms. The molecule has 2 aromatic rings. The lowest BCUT2D eigenvalue weighted by Gasteiger charge is -2.27. The van der Waals surface area contributed by atoms with Gasteiger partial charge in [0.1, 0.15) is 11.5 Å². The van der Waals surface area contributed by atoms with Crippen molar-refractivity contribution in [1.29, 1.82) is 0 Å². The van der Waals surface area contributed by atoms with Crippen LogP contribution >= 0.6 is 0 Å². The van der Waals surface area contributed by atoms with Crippen molar-refractivity contribution in [2.45, 2.75) is 12.7 Å². The minimum Gasteiger partial charge on any atom is -0.508 e. The van der Waals surface area contributed by atoms with Crippen LogP contribution in [0.15, 0.2) is 48.5 Å². The van der Waals surface area contributed by atoms with Gasteiger partial charge in [-0.2, -0.15) is 0 Å². The highest BCUT2D eigenvalue weighted by Crippen LogP contribution is 2.30. The normalized spacial score (nSPS) is 13.3. The van der Waals surface area contributed by atoms with Crippen molar-refractivity contribution in [3.05, 3.63) is 59.7 Å². The molecule has 5 nitrogen and oxygen atoms in total. The number of carbonyl (C=O) groups is 1. The van der Waals surface area contributed by atoms with Crippen molar-refractivity contribution >= 4 is 5.97 Å². The van der Waals surface area contributed by atoms with Crippen LogP contribution < -0.4 is 4.74 Å². The van der Waals surface area contributed by atoms with Crippen molar-refractivity contribution in [2.75, 3.05) is 7.11 Å². The molecule has 2 aromatic carbocycles. The first-order valence-corrected chi connectivity index (χ1v) is 6.32. The molecule has 0 aliphatic carbocycles. The van der Waals surface area contributed by atoms with Crippen molar-refractivity contribution < 1.29 is 24.5 Å². The van der Waals surface area contributed by atoms with Gasteiger partial charge in [0.2, 0.25) is 5.79 Å². The number of phenols is 1. The zero-order valence-corrected chi connectivity index (χ0v) is 11.7. The Bertz CT molecular complexity index is 634. The van der Waals surface area contributed by atoms with E-state index < -0.39 is 11.8 Å². The molecule has 0 aliphatic heterocycles. The number of methoxy groups -OCH3 is 1. The molecule has 0 heterocycles. The molecule has 5 heteroatoms. The Hall–Kier alpha value is -2.53. The summed E-state index contributed by atoms with van der Waals surface area (Å²) in [7, 11) is 1.24. The van der Waals surface area contributed by atoms with Gasteiger partial charge in [0.05, 0.1) is 12.7 Å². The zero-order chi connectivity index (χ0) is 15.5. The fourth-order valence-corrected chi connectivity index (χ4v) is 1.98. The second kappa shape index (κ2) is 5.85. The Morgan fingerprint density at radius 3 is 2.43 bits per heavy atom. The molecule has 0 bridgehead atoms. The Balaban J connectivity index is 2.43. The molecule has 110 valence electrons. The Kier molecular flexibility index (Phi) is 4.14. The van der Waals surface area contributed by atoms with Crippen LogP contribution in [0.1, 0.15) is 22.8 Å². The Labute approximate surface area is 122 Å². The number of rotatable bonds is 4. The van der Waals surface area contributed by atoms with Crippen LogP contribution in [-0.4, -0.2) is 23.3 Å². The van der Waals surface area contributed by atoms with E-state index in [0.717, 1.165) is 0 Å². The van der Waals surface area contributed by atoms with E-state index in [9.17, 15) is 15.0 Å². The first-order chi connectivity index (χ1) is 9.94. The highest BCUT2D eigenvalue weighted by molar-refractivity contribution is 5.91. The van der Waals surface area contributed by atoms with Crippen molar-refractivity contribution in [3.8, 4) is 11.5 Å². The van der Waals surface area contributed by atoms with E-state index in [1.807, 2.05) is 6.07 Å². The van der Waals surface area contributed by atoms with Crippen LogP contribution in [0.25, 0.3) is 0 Å². The van der Waals surface area contributed by atoms with Gasteiger partial charge < -0.3 is 19.7 Å². The zero-order valence-electron chi connectivity index (χ0n) is 11.7. The monoisotopic (exact) mass is 288 g/mol. The lowest BCUT2D eigenvalue weighted by molar-refractivity contribution is -0.129. The summed E-state index contributed by atoms with van der Waals surface area (Å²) in [5, 5.41) is 20.2. The number of aromatic hydroxyl groups is 1. The van der Waals surface area contributed by atoms with Crippen molar-refractivity contribution in [1.82, 2.24) is 0 Å². The van der Waals surface area contributed by atoms with Crippen LogP contribution in [-0.2, 0) is 10.5 Å². The SMILES string of the molecule is COC(=O)c1ccc(O)cc1C(C)(O)Oc1ccccc1. The van der Waals surface area contributed by atoms with E-state index in [2.05, 4.69) is 4.74 Å². The summed E-state index contributed by atoms with van der Waals surface area (Å²) in [6, 6.07) is 12.7. The molecular formula is C16H16O5. The summed E-state index contributed by atoms with van der Waals surface area (Å²) in [5.74, 6) is -2.08. The lowest BCUT2D eigenvalue weighted by atomic mass is 10.00. The van der Waals surface area contributed by atoms with Crippen LogP contribution in [0.5, 0.6) is 11.5 Å². The van der Waals surface area contributed by atoms with Crippen molar-refractivity contribution in [3.63, 3.8) is 0 Å². The number of benzene rings is 2. The second-order valence-electron chi connectivity index (χ2n) is 4.62. The van der Waals surface area contributed by atoms with Gasteiger partial charge in [0.25, 0.3) is 0 Å². The fraction of sp³-hybridized carbons (Fsp3) is 0.188. The number of ether oxygens (including phenoxy) is 2. The van der Waals surface area contributed by atoms with Gasteiger partial charge in [-0.1, -0.05) is 18.2 Å². The molecule has 0 radical (unpaired) electrons. The summed E-state index contributed by atoms with van der Waals surface area (Å²) in [4.78, 5) is 11.8. The number of esters is 1. The molecule has 2 rings (SSSR count). The number of carbonyl (C=O) groups excluding carboxylic acids is 1. The molecular weight excluding hydrogens is 272 g/mol. The van der Waals surface area contributed by atoms with Crippen LogP contribution in [0.4, 0.5) is 0 Å². The van der Waals surface area contributed by atoms with Crippen LogP contribution in [0.3, 0.4) is 0 Å². The molecule has 0 fully saturated rings. The largest absolute Gasteiger partial charge is 0.508 e. The topological polar surface area (TPSA) is 76.0 Å².